The van der Waals surface area contributed by atoms with Gasteiger partial charge in [-0.05, 0) is 82.2 Å². The van der Waals surface area contributed by atoms with Crippen LogP contribution in [0.4, 0.5) is 10.5 Å². The maximum Gasteiger partial charge on any atom is 0.410 e. The number of aryl methyl sites for hydroxylation is 1. The molecule has 0 N–H and O–H groups in total. The zero-order valence-corrected chi connectivity index (χ0v) is 23.2. The van der Waals surface area contributed by atoms with Gasteiger partial charge in [0.25, 0.3) is 0 Å². The summed E-state index contributed by atoms with van der Waals surface area (Å²) in [6, 6.07) is 8.58. The fourth-order valence-electron chi connectivity index (χ4n) is 5.71. The van der Waals surface area contributed by atoms with Gasteiger partial charge in [0, 0.05) is 49.4 Å². The highest BCUT2D eigenvalue weighted by Crippen LogP contribution is 2.50. The molecule has 0 radical (unpaired) electrons. The van der Waals surface area contributed by atoms with Crippen molar-refractivity contribution in [2.45, 2.75) is 78.6 Å². The Morgan fingerprint density at radius 1 is 1.13 bits per heavy atom. The third kappa shape index (κ3) is 5.40. The van der Waals surface area contributed by atoms with Crippen molar-refractivity contribution in [3.8, 4) is 6.01 Å². The van der Waals surface area contributed by atoms with Gasteiger partial charge < -0.3 is 19.3 Å². The van der Waals surface area contributed by atoms with E-state index in [4.69, 9.17) is 9.47 Å². The predicted octanol–water partition coefficient (Wildman–Crippen LogP) is 5.71. The molecule has 38 heavy (non-hydrogen) atoms. The van der Waals surface area contributed by atoms with E-state index in [1.807, 2.05) is 38.7 Å². The number of aromatic nitrogens is 2. The number of rotatable bonds is 4. The number of hydrogen-bond acceptors (Lipinski definition) is 6. The molecule has 0 spiro atoms. The zero-order chi connectivity index (χ0) is 27.2. The number of nitrogens with zero attached hydrogens (tertiary/aromatic N) is 4. The van der Waals surface area contributed by atoms with Crippen LogP contribution in [0.15, 0.2) is 36.5 Å². The molecule has 1 aromatic carbocycles. The van der Waals surface area contributed by atoms with E-state index in [0.717, 1.165) is 41.8 Å². The highest BCUT2D eigenvalue weighted by molar-refractivity contribution is 5.94. The molecule has 3 heterocycles. The minimum atomic E-state index is -0.521. The molecular weight excluding hydrogens is 480 g/mol. The Bertz CT molecular complexity index is 1260. The number of ether oxygens (including phenoxy) is 2. The number of fused-ring (bicyclic) bond motifs is 1. The van der Waals surface area contributed by atoms with Gasteiger partial charge in [-0.1, -0.05) is 19.1 Å². The van der Waals surface area contributed by atoms with E-state index in [0.29, 0.717) is 25.0 Å². The van der Waals surface area contributed by atoms with Crippen LogP contribution in [0.5, 0.6) is 6.01 Å². The van der Waals surface area contributed by atoms with Crippen LogP contribution in [-0.2, 0) is 9.53 Å². The molecule has 0 unspecified atom stereocenters. The maximum absolute atomic E-state index is 12.9. The minimum Gasteiger partial charge on any atom is -0.455 e. The van der Waals surface area contributed by atoms with Crippen molar-refractivity contribution in [1.82, 2.24) is 14.9 Å². The van der Waals surface area contributed by atoms with Crippen molar-refractivity contribution in [2.24, 2.45) is 11.8 Å². The van der Waals surface area contributed by atoms with Gasteiger partial charge in [0.1, 0.15) is 11.7 Å². The van der Waals surface area contributed by atoms with Gasteiger partial charge in [-0.2, -0.15) is 0 Å². The minimum absolute atomic E-state index is 0.0536. The van der Waals surface area contributed by atoms with Crippen LogP contribution < -0.4 is 9.64 Å². The lowest BCUT2D eigenvalue weighted by atomic mass is 9.80. The molecule has 8 heteroatoms. The second-order valence-electron chi connectivity index (χ2n) is 11.8. The SMILES string of the molecule is CC(=O)N1c2ccc(C3=CCN(C(=O)OC(C)(C)C)CC3)cc2[C@H](Oc2nccc(C)n2)[C@@H](C)[C@@H]1C1CC1. The monoisotopic (exact) mass is 518 g/mol. The smallest absolute Gasteiger partial charge is 0.410 e. The first-order valence-corrected chi connectivity index (χ1v) is 13.6. The molecule has 0 bridgehead atoms. The molecule has 3 aliphatic rings. The lowest BCUT2D eigenvalue weighted by Crippen LogP contribution is -2.51. The van der Waals surface area contributed by atoms with E-state index in [2.05, 4.69) is 41.2 Å². The van der Waals surface area contributed by atoms with Crippen LogP contribution in [0.25, 0.3) is 5.57 Å². The van der Waals surface area contributed by atoms with Crippen LogP contribution in [0.1, 0.15) is 76.8 Å². The average molecular weight is 519 g/mol. The topological polar surface area (TPSA) is 84.9 Å². The zero-order valence-electron chi connectivity index (χ0n) is 23.2. The van der Waals surface area contributed by atoms with Crippen LogP contribution in [0.3, 0.4) is 0 Å². The molecule has 0 saturated heterocycles. The van der Waals surface area contributed by atoms with E-state index in [1.54, 1.807) is 18.0 Å². The van der Waals surface area contributed by atoms with Crippen LogP contribution >= 0.6 is 0 Å². The van der Waals surface area contributed by atoms with Crippen molar-refractivity contribution < 1.29 is 19.1 Å². The second-order valence-corrected chi connectivity index (χ2v) is 11.8. The summed E-state index contributed by atoms with van der Waals surface area (Å²) in [6.07, 6.45) is 6.21. The number of anilines is 1. The van der Waals surface area contributed by atoms with Crippen molar-refractivity contribution >= 4 is 23.3 Å². The summed E-state index contributed by atoms with van der Waals surface area (Å²) in [5.41, 5.74) is 4.45. The molecule has 1 aliphatic carbocycles. The molecule has 2 amide bonds. The summed E-state index contributed by atoms with van der Waals surface area (Å²) in [4.78, 5) is 38.1. The second kappa shape index (κ2) is 10.0. The fraction of sp³-hybridized carbons (Fsp3) is 0.533. The van der Waals surface area contributed by atoms with E-state index in [1.165, 1.54) is 5.57 Å². The van der Waals surface area contributed by atoms with E-state index < -0.39 is 5.60 Å². The highest BCUT2D eigenvalue weighted by atomic mass is 16.6. The van der Waals surface area contributed by atoms with Gasteiger partial charge in [0.15, 0.2) is 0 Å². The van der Waals surface area contributed by atoms with Crippen molar-refractivity contribution in [3.63, 3.8) is 0 Å². The molecule has 2 aliphatic heterocycles. The Morgan fingerprint density at radius 2 is 1.89 bits per heavy atom. The van der Waals surface area contributed by atoms with Crippen molar-refractivity contribution in [2.75, 3.05) is 18.0 Å². The average Bonchev–Trinajstić information content (AvgIpc) is 3.69. The summed E-state index contributed by atoms with van der Waals surface area (Å²) >= 11 is 0. The third-order valence-corrected chi connectivity index (χ3v) is 7.59. The Kier molecular flexibility index (Phi) is 6.92. The summed E-state index contributed by atoms with van der Waals surface area (Å²) in [5, 5.41) is 0. The van der Waals surface area contributed by atoms with Gasteiger partial charge in [-0.25, -0.2) is 14.8 Å². The van der Waals surface area contributed by atoms with Gasteiger partial charge >= 0.3 is 12.1 Å². The van der Waals surface area contributed by atoms with Gasteiger partial charge in [0.2, 0.25) is 5.91 Å². The molecule has 1 saturated carbocycles. The van der Waals surface area contributed by atoms with Crippen molar-refractivity contribution in [1.29, 1.82) is 0 Å². The van der Waals surface area contributed by atoms with E-state index >= 15 is 0 Å². The first-order valence-electron chi connectivity index (χ1n) is 13.6. The first-order chi connectivity index (χ1) is 18.0. The van der Waals surface area contributed by atoms with Gasteiger partial charge in [-0.3, -0.25) is 4.79 Å². The summed E-state index contributed by atoms with van der Waals surface area (Å²) < 4.78 is 12.0. The maximum atomic E-state index is 12.9. The van der Waals surface area contributed by atoms with Crippen molar-refractivity contribution in [3.05, 3.63) is 53.4 Å². The number of carbonyl (C=O) groups excluding carboxylic acids is 2. The molecule has 2 aromatic rings. The quantitative estimate of drug-likeness (QED) is 0.515. The number of hydrogen-bond donors (Lipinski definition) is 0. The van der Waals surface area contributed by atoms with E-state index in [-0.39, 0.29) is 30.1 Å². The Morgan fingerprint density at radius 3 is 2.50 bits per heavy atom. The normalized spacial score (nSPS) is 23.4. The molecule has 8 nitrogen and oxygen atoms in total. The number of amides is 2. The number of benzene rings is 1. The Labute approximate surface area is 225 Å². The molecule has 1 aromatic heterocycles. The predicted molar refractivity (Wildman–Crippen MR) is 146 cm³/mol. The lowest BCUT2D eigenvalue weighted by Gasteiger charge is -2.45. The standard InChI is InChI=1S/C30H38N4O4/c1-18-11-14-31-28(32-18)37-27-19(2)26(22-7-8-22)34(20(3)35)25-10-9-23(17-24(25)27)21-12-15-33(16-13-21)29(36)38-30(4,5)6/h9-12,14,17,19,22,26-27H,7-8,13,15-16H2,1-6H3/t19-,26+,27+/m0/s1. The van der Waals surface area contributed by atoms with Crippen LogP contribution in [-0.4, -0.2) is 51.6 Å². The van der Waals surface area contributed by atoms with Gasteiger partial charge in [-0.15, -0.1) is 0 Å². The fourth-order valence-corrected chi connectivity index (χ4v) is 5.71. The first kappa shape index (κ1) is 26.2. The molecular formula is C30H38N4O4. The molecule has 3 atom stereocenters. The number of carbonyl (C=O) groups is 2. The van der Waals surface area contributed by atoms with Crippen LogP contribution in [0, 0.1) is 18.8 Å². The highest BCUT2D eigenvalue weighted by Gasteiger charge is 2.48. The Balaban J connectivity index is 1.48. The van der Waals surface area contributed by atoms with Gasteiger partial charge in [0.05, 0.1) is 5.69 Å². The largest absolute Gasteiger partial charge is 0.455 e. The third-order valence-electron chi connectivity index (χ3n) is 7.59. The molecule has 202 valence electrons. The Hall–Kier alpha value is -3.42. The summed E-state index contributed by atoms with van der Waals surface area (Å²) in [7, 11) is 0. The molecule has 1 fully saturated rings. The van der Waals surface area contributed by atoms with E-state index in [9.17, 15) is 9.59 Å². The molecule has 5 rings (SSSR count). The summed E-state index contributed by atoms with van der Waals surface area (Å²) in [5.74, 6) is 0.602. The summed E-state index contributed by atoms with van der Waals surface area (Å²) in [6.45, 7) is 12.5. The van der Waals surface area contributed by atoms with Crippen LogP contribution in [0.2, 0.25) is 0 Å². The lowest BCUT2D eigenvalue weighted by molar-refractivity contribution is -0.117.